The zero-order valence-corrected chi connectivity index (χ0v) is 19.2. The number of halogens is 9. The zero-order valence-electron chi connectivity index (χ0n) is 16.2. The highest BCUT2D eigenvalue weighted by atomic mass is 127. The van der Waals surface area contributed by atoms with Crippen LogP contribution in [0.5, 0.6) is 0 Å². The van der Waals surface area contributed by atoms with E-state index in [1.165, 1.54) is 31.3 Å². The molecule has 0 atom stereocenters. The van der Waals surface area contributed by atoms with Gasteiger partial charge in [-0.2, -0.15) is 43.5 Å². The maximum absolute atomic E-state index is 14.2. The van der Waals surface area contributed by atoms with Crippen LogP contribution in [0.1, 0.15) is 25.7 Å². The highest BCUT2D eigenvalue weighted by Gasteiger charge is 2.74. The lowest BCUT2D eigenvalue weighted by Crippen LogP contribution is -2.54. The van der Waals surface area contributed by atoms with Gasteiger partial charge in [0.2, 0.25) is 0 Å². The second kappa shape index (κ2) is 9.19. The molecule has 1 saturated carbocycles. The molecule has 182 valence electrons. The van der Waals surface area contributed by atoms with Gasteiger partial charge in [-0.1, -0.05) is 31.0 Å². The second-order valence-electron chi connectivity index (χ2n) is 6.95. The minimum atomic E-state index is -6.57. The molecule has 0 N–H and O–H groups in total. The topological polar surface area (TPSA) is 59.0 Å². The first-order chi connectivity index (χ1) is 14.4. The minimum Gasteiger partial charge on any atom is -0.332 e. The van der Waals surface area contributed by atoms with Crippen molar-refractivity contribution in [3.8, 4) is 0 Å². The van der Waals surface area contributed by atoms with Crippen molar-refractivity contribution in [2.45, 2.75) is 47.1 Å². The van der Waals surface area contributed by atoms with E-state index < -0.39 is 43.2 Å². The summed E-state index contributed by atoms with van der Waals surface area (Å²) in [5.41, 5.74) is 0.288. The molecule has 1 aliphatic carbocycles. The van der Waals surface area contributed by atoms with Crippen molar-refractivity contribution in [1.82, 2.24) is 0 Å². The lowest BCUT2D eigenvalue weighted by molar-refractivity contribution is -0.438. The van der Waals surface area contributed by atoms with E-state index >= 15 is 0 Å². The van der Waals surface area contributed by atoms with Gasteiger partial charge in [0.25, 0.3) is 0 Å². The molecule has 2 rings (SSSR count). The fourth-order valence-electron chi connectivity index (χ4n) is 2.99. The van der Waals surface area contributed by atoms with Gasteiger partial charge in [-0.15, -0.1) is 4.40 Å². The quantitative estimate of drug-likeness (QED) is 0.122. The van der Waals surface area contributed by atoms with E-state index in [2.05, 4.69) is 9.13 Å². The Hall–Kier alpha value is -1.23. The number of hydrogen-bond acceptors (Lipinski definition) is 3. The van der Waals surface area contributed by atoms with Crippen LogP contribution in [0.15, 0.2) is 34.7 Å². The molecule has 1 aromatic carbocycles. The Morgan fingerprint density at radius 2 is 1.50 bits per heavy atom. The fourth-order valence-corrected chi connectivity index (χ4v) is 4.07. The molecule has 0 aromatic heterocycles. The third kappa shape index (κ3) is 5.46. The van der Waals surface area contributed by atoms with E-state index in [0.717, 1.165) is 4.90 Å². The number of sulfonamides is 1. The molecule has 0 spiro atoms. The first-order valence-electron chi connectivity index (χ1n) is 8.96. The molecule has 0 saturated heterocycles. The number of alkyl halides is 9. The largest absolute Gasteiger partial charge is 0.455 e. The van der Waals surface area contributed by atoms with Crippen LogP contribution in [0.25, 0.3) is 0 Å². The number of hydrogen-bond donors (Lipinski definition) is 0. The molecule has 1 aromatic rings. The summed E-state index contributed by atoms with van der Waals surface area (Å²) < 4.78 is 132. The second-order valence-corrected chi connectivity index (χ2v) is 9.95. The maximum atomic E-state index is 14.2. The number of anilines is 1. The standard InChI is InChI=1S/C17H17F8IN2O3S/c1-28(12-9-3-2-4-10-12)13(11-7-5-6-8-11)27-32(29,30)17(24,25)16(22,23)31-15(20,21)14(18,19)26/h2-4,9-11H,5-8H2,1H3/b27-13+. The van der Waals surface area contributed by atoms with E-state index in [1.54, 1.807) is 6.07 Å². The number of rotatable bonds is 8. The van der Waals surface area contributed by atoms with Gasteiger partial charge in [-0.3, -0.25) is 0 Å². The van der Waals surface area contributed by atoms with Gasteiger partial charge in [-0.25, -0.2) is 4.74 Å². The Balaban J connectivity index is 2.50. The lowest BCUT2D eigenvalue weighted by Gasteiger charge is -2.30. The highest BCUT2D eigenvalue weighted by Crippen LogP contribution is 2.49. The number of amidine groups is 1. The van der Waals surface area contributed by atoms with Crippen molar-refractivity contribution in [3.63, 3.8) is 0 Å². The lowest BCUT2D eigenvalue weighted by atomic mass is 10.1. The third-order valence-corrected chi connectivity index (χ3v) is 6.61. The molecule has 0 bridgehead atoms. The fraction of sp³-hybridized carbons (Fsp3) is 0.588. The molecule has 0 unspecified atom stereocenters. The smallest absolute Gasteiger partial charge is 0.332 e. The Kier molecular flexibility index (Phi) is 7.76. The van der Waals surface area contributed by atoms with Gasteiger partial charge < -0.3 is 4.90 Å². The van der Waals surface area contributed by atoms with E-state index in [9.17, 15) is 43.5 Å². The first kappa shape index (κ1) is 27.0. The molecule has 5 nitrogen and oxygen atoms in total. The van der Waals surface area contributed by atoms with Crippen LogP contribution >= 0.6 is 22.6 Å². The van der Waals surface area contributed by atoms with Crippen LogP contribution in [-0.2, 0) is 14.8 Å². The van der Waals surface area contributed by atoms with Crippen molar-refractivity contribution in [2.75, 3.05) is 11.9 Å². The SMILES string of the molecule is CN(/C(=N/S(=O)(=O)C(F)(F)C(F)(F)OC(F)(F)C(F)(F)I)C1CCCC1)c1ccccc1. The number of benzene rings is 1. The van der Waals surface area contributed by atoms with E-state index in [0.29, 0.717) is 25.7 Å². The third-order valence-electron chi connectivity index (χ3n) is 4.67. The van der Waals surface area contributed by atoms with Crippen LogP contribution in [-0.4, -0.2) is 42.7 Å². The average molecular weight is 608 g/mol. The van der Waals surface area contributed by atoms with Crippen molar-refractivity contribution in [1.29, 1.82) is 0 Å². The maximum Gasteiger partial charge on any atom is 0.455 e. The number of ether oxygens (including phenoxy) is 1. The average Bonchev–Trinajstić information content (AvgIpc) is 3.18. The van der Waals surface area contributed by atoms with Gasteiger partial charge in [0, 0.05) is 41.2 Å². The molecule has 15 heteroatoms. The summed E-state index contributed by atoms with van der Waals surface area (Å²) in [4.78, 5) is 1.09. The van der Waals surface area contributed by atoms with Gasteiger partial charge >= 0.3 is 31.4 Å². The van der Waals surface area contributed by atoms with E-state index in [-0.39, 0.29) is 28.3 Å². The molecule has 0 heterocycles. The van der Waals surface area contributed by atoms with E-state index in [4.69, 9.17) is 0 Å². The monoisotopic (exact) mass is 608 g/mol. The van der Waals surface area contributed by atoms with Crippen LogP contribution < -0.4 is 4.90 Å². The molecular formula is C17H17F8IN2O3S. The summed E-state index contributed by atoms with van der Waals surface area (Å²) in [5, 5.41) is -6.38. The highest BCUT2D eigenvalue weighted by molar-refractivity contribution is 14.1. The molecule has 1 fully saturated rings. The molecule has 1 aliphatic rings. The number of nitrogens with zero attached hydrogens (tertiary/aromatic N) is 2. The predicted octanol–water partition coefficient (Wildman–Crippen LogP) is 5.86. The Labute approximate surface area is 192 Å². The summed E-state index contributed by atoms with van der Waals surface area (Å²) in [6.45, 7) is 0. The van der Waals surface area contributed by atoms with Crippen molar-refractivity contribution < 1.29 is 48.3 Å². The molecular weight excluding hydrogens is 591 g/mol. The Morgan fingerprint density at radius 1 is 1.00 bits per heavy atom. The normalized spacial score (nSPS) is 17.6. The summed E-state index contributed by atoms with van der Waals surface area (Å²) in [6.07, 6.45) is -10.8. The summed E-state index contributed by atoms with van der Waals surface area (Å²) in [7, 11) is -5.30. The first-order valence-corrected chi connectivity index (χ1v) is 11.5. The van der Waals surface area contributed by atoms with Gasteiger partial charge in [0.15, 0.2) is 0 Å². The van der Waals surface area contributed by atoms with Gasteiger partial charge in [0.1, 0.15) is 5.84 Å². The summed E-state index contributed by atoms with van der Waals surface area (Å²) in [6, 6.07) is 7.62. The summed E-state index contributed by atoms with van der Waals surface area (Å²) >= 11 is -0.301. The van der Waals surface area contributed by atoms with Crippen LogP contribution in [0.2, 0.25) is 0 Å². The predicted molar refractivity (Wildman–Crippen MR) is 108 cm³/mol. The van der Waals surface area contributed by atoms with Crippen LogP contribution in [0.3, 0.4) is 0 Å². The molecule has 0 amide bonds. The summed E-state index contributed by atoms with van der Waals surface area (Å²) in [5.74, 6) is -1.23. The van der Waals surface area contributed by atoms with Gasteiger partial charge in [-0.05, 0) is 25.0 Å². The minimum absolute atomic E-state index is 0.288. The van der Waals surface area contributed by atoms with E-state index in [1.807, 2.05) is 0 Å². The Bertz CT molecular complexity index is 933. The zero-order chi connectivity index (χ0) is 24.6. The molecule has 0 aliphatic heterocycles. The number of para-hydroxylation sites is 1. The molecule has 0 radical (unpaired) electrons. The van der Waals surface area contributed by atoms with Crippen LogP contribution in [0.4, 0.5) is 40.8 Å². The van der Waals surface area contributed by atoms with Crippen LogP contribution in [0, 0.1) is 5.92 Å². The van der Waals surface area contributed by atoms with Gasteiger partial charge in [0.05, 0.1) is 0 Å². The Morgan fingerprint density at radius 3 is 1.97 bits per heavy atom. The van der Waals surface area contributed by atoms with Crippen molar-refractivity contribution in [3.05, 3.63) is 30.3 Å². The van der Waals surface area contributed by atoms with Crippen molar-refractivity contribution in [2.24, 2.45) is 10.3 Å². The molecule has 32 heavy (non-hydrogen) atoms. The van der Waals surface area contributed by atoms with Crippen molar-refractivity contribution >= 4 is 44.1 Å².